The van der Waals surface area contributed by atoms with E-state index in [1.807, 2.05) is 11.3 Å². The second-order valence-corrected chi connectivity index (χ2v) is 5.67. The van der Waals surface area contributed by atoms with Gasteiger partial charge in [0.05, 0.1) is 0 Å². The van der Waals surface area contributed by atoms with E-state index in [4.69, 9.17) is 5.73 Å². The predicted molar refractivity (Wildman–Crippen MR) is 74.3 cm³/mol. The van der Waals surface area contributed by atoms with Gasteiger partial charge in [-0.2, -0.15) is 0 Å². The summed E-state index contributed by atoms with van der Waals surface area (Å²) in [4.78, 5) is 2.54. The topological polar surface area (TPSA) is 29.3 Å². The Morgan fingerprint density at radius 1 is 1.35 bits per heavy atom. The van der Waals surface area contributed by atoms with E-state index in [9.17, 15) is 0 Å². The Bertz CT molecular complexity index is 506. The van der Waals surface area contributed by atoms with Gasteiger partial charge >= 0.3 is 0 Å². The van der Waals surface area contributed by atoms with Gasteiger partial charge in [-0.05, 0) is 41.8 Å². The summed E-state index contributed by atoms with van der Waals surface area (Å²) in [5.41, 5.74) is 7.29. The molecule has 3 rings (SSSR count). The van der Waals surface area contributed by atoms with E-state index < -0.39 is 0 Å². The first-order valence-corrected chi connectivity index (χ1v) is 7.15. The van der Waals surface area contributed by atoms with E-state index in [0.29, 0.717) is 6.04 Å². The molecule has 1 fully saturated rings. The van der Waals surface area contributed by atoms with E-state index in [1.54, 1.807) is 0 Å². The van der Waals surface area contributed by atoms with Crippen LogP contribution in [0.2, 0.25) is 0 Å². The third-order valence-corrected chi connectivity index (χ3v) is 4.72. The van der Waals surface area contributed by atoms with Crippen molar-refractivity contribution in [3.8, 4) is 0 Å². The van der Waals surface area contributed by atoms with Gasteiger partial charge in [-0.25, -0.2) is 0 Å². The molecule has 0 saturated carbocycles. The number of likely N-dealkylation sites (tertiary alicyclic amines) is 1. The number of thiophene rings is 1. The normalized spacial score (nSPS) is 21.4. The molecule has 0 bridgehead atoms. The highest BCUT2D eigenvalue weighted by Gasteiger charge is 2.23. The van der Waals surface area contributed by atoms with Crippen LogP contribution in [0.4, 0.5) is 0 Å². The summed E-state index contributed by atoms with van der Waals surface area (Å²) in [6.45, 7) is 3.06. The van der Waals surface area contributed by atoms with Gasteiger partial charge in [0.2, 0.25) is 0 Å². The van der Waals surface area contributed by atoms with E-state index in [1.165, 1.54) is 35.0 Å². The molecule has 0 spiro atoms. The van der Waals surface area contributed by atoms with Crippen molar-refractivity contribution in [1.29, 1.82) is 0 Å². The summed E-state index contributed by atoms with van der Waals surface area (Å²) < 4.78 is 1.39. The van der Waals surface area contributed by atoms with Crippen LogP contribution >= 0.6 is 11.3 Å². The summed E-state index contributed by atoms with van der Waals surface area (Å²) >= 11 is 1.85. The summed E-state index contributed by atoms with van der Waals surface area (Å²) in [7, 11) is 0. The van der Waals surface area contributed by atoms with Crippen LogP contribution in [0.3, 0.4) is 0 Å². The molecule has 2 heterocycles. The fourth-order valence-electron chi connectivity index (χ4n) is 2.74. The van der Waals surface area contributed by atoms with Crippen LogP contribution in [-0.4, -0.2) is 24.0 Å². The van der Waals surface area contributed by atoms with Crippen molar-refractivity contribution in [3.63, 3.8) is 0 Å². The lowest BCUT2D eigenvalue weighted by Crippen LogP contribution is -2.34. The van der Waals surface area contributed by atoms with Gasteiger partial charge in [-0.1, -0.05) is 18.2 Å². The monoisotopic (exact) mass is 246 g/mol. The minimum Gasteiger partial charge on any atom is -0.329 e. The minimum atomic E-state index is 0.591. The molecule has 17 heavy (non-hydrogen) atoms. The molecule has 90 valence electrons. The first-order valence-electron chi connectivity index (χ1n) is 6.27. The average molecular weight is 246 g/mol. The fourth-order valence-corrected chi connectivity index (χ4v) is 3.70. The van der Waals surface area contributed by atoms with Crippen LogP contribution in [0.25, 0.3) is 10.1 Å². The molecule has 1 aromatic carbocycles. The lowest BCUT2D eigenvalue weighted by atomic mass is 10.1. The number of fused-ring (bicyclic) bond motifs is 1. The molecule has 0 aliphatic carbocycles. The van der Waals surface area contributed by atoms with Crippen molar-refractivity contribution < 1.29 is 0 Å². The highest BCUT2D eigenvalue weighted by Crippen LogP contribution is 2.28. The Hall–Kier alpha value is -0.900. The second-order valence-electron chi connectivity index (χ2n) is 4.76. The molecular weight excluding hydrogens is 228 g/mol. The fraction of sp³-hybridized carbons (Fsp3) is 0.429. The lowest BCUT2D eigenvalue weighted by molar-refractivity contribution is 0.251. The Morgan fingerprint density at radius 2 is 2.24 bits per heavy atom. The smallest absolute Gasteiger partial charge is 0.0346 e. The van der Waals surface area contributed by atoms with Gasteiger partial charge < -0.3 is 5.73 Å². The third-order valence-electron chi connectivity index (χ3n) is 3.71. The van der Waals surface area contributed by atoms with E-state index in [0.717, 1.165) is 13.1 Å². The Morgan fingerprint density at radius 3 is 3.12 bits per heavy atom. The minimum absolute atomic E-state index is 0.591. The molecule has 2 aromatic rings. The first-order chi connectivity index (χ1) is 8.38. The van der Waals surface area contributed by atoms with E-state index in [-0.39, 0.29) is 0 Å². The molecule has 0 radical (unpaired) electrons. The number of nitrogens with zero attached hydrogens (tertiary/aromatic N) is 1. The SMILES string of the molecule is NCC1CCCN1Cc1csc2ccccc12. The third kappa shape index (κ3) is 2.10. The van der Waals surface area contributed by atoms with Gasteiger partial charge in [-0.3, -0.25) is 4.90 Å². The summed E-state index contributed by atoms with van der Waals surface area (Å²) in [5.74, 6) is 0. The maximum absolute atomic E-state index is 5.83. The summed E-state index contributed by atoms with van der Waals surface area (Å²) in [6, 6.07) is 9.26. The molecule has 0 amide bonds. The quantitative estimate of drug-likeness (QED) is 0.902. The zero-order valence-corrected chi connectivity index (χ0v) is 10.7. The van der Waals surface area contributed by atoms with Gasteiger partial charge in [0.25, 0.3) is 0 Å². The zero-order valence-electron chi connectivity index (χ0n) is 9.93. The van der Waals surface area contributed by atoms with Crippen LogP contribution in [0.15, 0.2) is 29.6 Å². The van der Waals surface area contributed by atoms with Gasteiger partial charge in [-0.15, -0.1) is 11.3 Å². The number of nitrogens with two attached hydrogens (primary N) is 1. The van der Waals surface area contributed by atoms with E-state index >= 15 is 0 Å². The van der Waals surface area contributed by atoms with Crippen molar-refractivity contribution in [2.45, 2.75) is 25.4 Å². The van der Waals surface area contributed by atoms with E-state index in [2.05, 4.69) is 34.5 Å². The Balaban J connectivity index is 1.85. The maximum atomic E-state index is 5.83. The number of hydrogen-bond acceptors (Lipinski definition) is 3. The standard InChI is InChI=1S/C14H18N2S/c15-8-12-4-3-7-16(12)9-11-10-17-14-6-2-1-5-13(11)14/h1-2,5-6,10,12H,3-4,7-9,15H2. The van der Waals surface area contributed by atoms with Crippen LogP contribution in [0.5, 0.6) is 0 Å². The van der Waals surface area contributed by atoms with Crippen LogP contribution in [0, 0.1) is 0 Å². The summed E-state index contributed by atoms with van der Waals surface area (Å²) in [5, 5.41) is 3.72. The number of rotatable bonds is 3. The van der Waals surface area contributed by atoms with Crippen LogP contribution in [0.1, 0.15) is 18.4 Å². The lowest BCUT2D eigenvalue weighted by Gasteiger charge is -2.22. The predicted octanol–water partition coefficient (Wildman–Crippen LogP) is 2.82. The van der Waals surface area contributed by atoms with Crippen molar-refractivity contribution in [2.24, 2.45) is 5.73 Å². The second kappa shape index (κ2) is 4.77. The summed E-state index contributed by atoms with van der Waals surface area (Å²) in [6.07, 6.45) is 2.56. The van der Waals surface area contributed by atoms with Crippen molar-refractivity contribution in [3.05, 3.63) is 35.2 Å². The van der Waals surface area contributed by atoms with Gasteiger partial charge in [0.1, 0.15) is 0 Å². The van der Waals surface area contributed by atoms with Gasteiger partial charge in [0.15, 0.2) is 0 Å². The molecule has 1 aliphatic heterocycles. The average Bonchev–Trinajstić information content (AvgIpc) is 2.97. The van der Waals surface area contributed by atoms with Crippen molar-refractivity contribution in [2.75, 3.05) is 13.1 Å². The molecule has 1 atom stereocenters. The maximum Gasteiger partial charge on any atom is 0.0346 e. The van der Waals surface area contributed by atoms with Gasteiger partial charge in [0, 0.05) is 23.8 Å². The molecule has 1 unspecified atom stereocenters. The number of benzene rings is 1. The van der Waals surface area contributed by atoms with Crippen molar-refractivity contribution in [1.82, 2.24) is 4.90 Å². The Kier molecular flexibility index (Phi) is 3.14. The molecule has 3 heteroatoms. The first kappa shape index (κ1) is 11.2. The number of hydrogen-bond donors (Lipinski definition) is 1. The molecule has 2 nitrogen and oxygen atoms in total. The molecular formula is C14H18N2S. The highest BCUT2D eigenvalue weighted by atomic mass is 32.1. The molecule has 1 aliphatic rings. The molecule has 1 saturated heterocycles. The molecule has 2 N–H and O–H groups in total. The largest absolute Gasteiger partial charge is 0.329 e. The van der Waals surface area contributed by atoms with Crippen LogP contribution < -0.4 is 5.73 Å². The van der Waals surface area contributed by atoms with Crippen molar-refractivity contribution >= 4 is 21.4 Å². The molecule has 1 aromatic heterocycles. The highest BCUT2D eigenvalue weighted by molar-refractivity contribution is 7.17. The zero-order chi connectivity index (χ0) is 11.7. The Labute approximate surface area is 106 Å². The van der Waals surface area contributed by atoms with Crippen LogP contribution in [-0.2, 0) is 6.54 Å².